The monoisotopic (exact) mass is 457 g/mol. The number of nitrogens with two attached hydrogens (primary N) is 1. The summed E-state index contributed by atoms with van der Waals surface area (Å²) in [5.41, 5.74) is 12.6. The molecule has 6 rings (SSSR count). The molecule has 3 N–H and O–H groups in total. The maximum absolute atomic E-state index is 6.37. The van der Waals surface area contributed by atoms with Crippen LogP contribution in [0.2, 0.25) is 0 Å². The molecule has 0 saturated heterocycles. The molecule has 0 bridgehead atoms. The molecule has 6 aromatic rings. The number of anilines is 1. The van der Waals surface area contributed by atoms with Gasteiger partial charge in [-0.2, -0.15) is 9.61 Å². The Kier molecular flexibility index (Phi) is 3.54. The van der Waals surface area contributed by atoms with Crippen LogP contribution in [0.3, 0.4) is 0 Å². The van der Waals surface area contributed by atoms with E-state index >= 15 is 0 Å². The zero-order valence-electron chi connectivity index (χ0n) is 16.0. The summed E-state index contributed by atoms with van der Waals surface area (Å²) in [5.74, 6) is 0.531. The van der Waals surface area contributed by atoms with E-state index in [0.717, 1.165) is 48.9 Å². The van der Waals surface area contributed by atoms with Crippen molar-refractivity contribution in [3.05, 3.63) is 65.5 Å². The first-order valence-electron chi connectivity index (χ1n) is 9.42. The van der Waals surface area contributed by atoms with Gasteiger partial charge < -0.3 is 15.3 Å². The predicted octanol–water partition coefficient (Wildman–Crippen LogP) is 4.78. The Hall–Kier alpha value is -3.65. The van der Waals surface area contributed by atoms with Gasteiger partial charge in [0.15, 0.2) is 5.65 Å². The third kappa shape index (κ3) is 2.47. The number of fused-ring (bicyclic) bond motifs is 3. The van der Waals surface area contributed by atoms with Crippen LogP contribution in [0, 0.1) is 0 Å². The van der Waals surface area contributed by atoms with Gasteiger partial charge >= 0.3 is 0 Å². The van der Waals surface area contributed by atoms with Crippen molar-refractivity contribution in [1.29, 1.82) is 0 Å². The molecule has 0 aliphatic heterocycles. The van der Waals surface area contributed by atoms with Gasteiger partial charge in [-0.25, -0.2) is 9.97 Å². The van der Waals surface area contributed by atoms with Crippen LogP contribution in [0.5, 0.6) is 0 Å². The second-order valence-electron chi connectivity index (χ2n) is 7.29. The molecule has 5 aromatic heterocycles. The second-order valence-corrected chi connectivity index (χ2v) is 8.20. The Morgan fingerprint density at radius 3 is 2.83 bits per heavy atom. The quantitative estimate of drug-likeness (QED) is 0.391. The van der Waals surface area contributed by atoms with E-state index in [9.17, 15) is 0 Å². The first-order chi connectivity index (χ1) is 14.6. The zero-order chi connectivity index (χ0) is 20.4. The van der Waals surface area contributed by atoms with Crippen LogP contribution < -0.4 is 5.73 Å². The van der Waals surface area contributed by atoms with E-state index in [4.69, 9.17) is 15.8 Å². The van der Waals surface area contributed by atoms with Crippen LogP contribution in [-0.2, 0) is 7.05 Å². The van der Waals surface area contributed by atoms with Gasteiger partial charge in [0.1, 0.15) is 11.5 Å². The average Bonchev–Trinajstić information content (AvgIpc) is 3.43. The first kappa shape index (κ1) is 17.2. The van der Waals surface area contributed by atoms with Crippen molar-refractivity contribution >= 4 is 49.3 Å². The molecular formula is C22H16BrN7. The normalized spacial score (nSPS) is 11.8. The summed E-state index contributed by atoms with van der Waals surface area (Å²) in [7, 11) is 1.98. The predicted molar refractivity (Wildman–Crippen MR) is 122 cm³/mol. The first-order valence-corrected chi connectivity index (χ1v) is 10.2. The highest BCUT2D eigenvalue weighted by Crippen LogP contribution is 2.33. The number of nitrogens with zero attached hydrogens (tertiary/aromatic N) is 5. The number of benzene rings is 1. The summed E-state index contributed by atoms with van der Waals surface area (Å²) < 4.78 is 4.70. The molecule has 0 unspecified atom stereocenters. The number of aromatic amines is 1. The molecule has 8 heteroatoms. The van der Waals surface area contributed by atoms with E-state index in [0.29, 0.717) is 11.5 Å². The number of rotatable bonds is 2. The Bertz CT molecular complexity index is 1590. The molecule has 30 heavy (non-hydrogen) atoms. The summed E-state index contributed by atoms with van der Waals surface area (Å²) in [4.78, 5) is 12.6. The van der Waals surface area contributed by atoms with Gasteiger partial charge in [-0.15, -0.1) is 0 Å². The molecule has 7 nitrogen and oxygen atoms in total. The maximum atomic E-state index is 6.37. The fraction of sp³-hybridized carbons (Fsp3) is 0.0455. The number of aryl methyl sites for hydroxylation is 1. The SMILES string of the molecule is Cn1cc(-c2cc(N)n3nc(-c4c[nH]c5ccc(Br)cc45)cc3n2)c2cccnc21. The Morgan fingerprint density at radius 1 is 1.03 bits per heavy atom. The van der Waals surface area contributed by atoms with E-state index in [1.54, 1.807) is 10.7 Å². The highest BCUT2D eigenvalue weighted by atomic mass is 79.9. The molecule has 1 aromatic carbocycles. The van der Waals surface area contributed by atoms with Gasteiger partial charge in [-0.05, 0) is 30.3 Å². The van der Waals surface area contributed by atoms with E-state index in [2.05, 4.69) is 32.0 Å². The third-order valence-electron chi connectivity index (χ3n) is 5.38. The lowest BCUT2D eigenvalue weighted by molar-refractivity contribution is 0.946. The van der Waals surface area contributed by atoms with Crippen LogP contribution in [0.25, 0.3) is 50.1 Å². The van der Waals surface area contributed by atoms with Gasteiger partial charge in [-0.1, -0.05) is 15.9 Å². The van der Waals surface area contributed by atoms with E-state index in [-0.39, 0.29) is 0 Å². The molecule has 0 aliphatic rings. The number of halogens is 1. The summed E-state index contributed by atoms with van der Waals surface area (Å²) in [6.45, 7) is 0. The molecule has 146 valence electrons. The molecule has 0 atom stereocenters. The van der Waals surface area contributed by atoms with Crippen LogP contribution in [-0.4, -0.2) is 29.1 Å². The lowest BCUT2D eigenvalue weighted by Gasteiger charge is -2.03. The average molecular weight is 458 g/mol. The lowest BCUT2D eigenvalue weighted by Crippen LogP contribution is -2.01. The van der Waals surface area contributed by atoms with Crippen LogP contribution in [0.4, 0.5) is 5.82 Å². The highest BCUT2D eigenvalue weighted by Gasteiger charge is 2.16. The van der Waals surface area contributed by atoms with E-state index in [1.165, 1.54) is 0 Å². The maximum Gasteiger partial charge on any atom is 0.158 e. The summed E-state index contributed by atoms with van der Waals surface area (Å²) in [6.07, 6.45) is 5.79. The minimum Gasteiger partial charge on any atom is -0.384 e. The van der Waals surface area contributed by atoms with Crippen molar-refractivity contribution in [2.75, 3.05) is 5.73 Å². The standard InChI is InChI=1S/C22H16BrN7/c1-29-11-16(13-3-2-6-25-22(13)29)18-8-20(24)30-21(27-18)9-19(28-30)15-10-26-17-5-4-12(23)7-14(15)17/h2-11,26H,24H2,1H3. The second kappa shape index (κ2) is 6.17. The molecule has 0 saturated carbocycles. The van der Waals surface area contributed by atoms with Gasteiger partial charge in [-0.3, -0.25) is 0 Å². The highest BCUT2D eigenvalue weighted by molar-refractivity contribution is 9.10. The van der Waals surface area contributed by atoms with Crippen LogP contribution in [0.15, 0.2) is 65.5 Å². The number of hydrogen-bond donors (Lipinski definition) is 2. The Balaban J connectivity index is 1.55. The number of H-pyrrole nitrogens is 1. The Labute approximate surface area is 179 Å². The number of aromatic nitrogens is 6. The summed E-state index contributed by atoms with van der Waals surface area (Å²) >= 11 is 3.55. The lowest BCUT2D eigenvalue weighted by atomic mass is 10.1. The van der Waals surface area contributed by atoms with E-state index in [1.807, 2.05) is 60.4 Å². The topological polar surface area (TPSA) is 89.8 Å². The number of nitrogens with one attached hydrogen (secondary N) is 1. The van der Waals surface area contributed by atoms with Crippen molar-refractivity contribution in [2.45, 2.75) is 0 Å². The zero-order valence-corrected chi connectivity index (χ0v) is 17.6. The van der Waals surface area contributed by atoms with Gasteiger partial charge in [0.25, 0.3) is 0 Å². The van der Waals surface area contributed by atoms with Crippen LogP contribution in [0.1, 0.15) is 0 Å². The van der Waals surface area contributed by atoms with Crippen molar-refractivity contribution in [2.24, 2.45) is 7.05 Å². The van der Waals surface area contributed by atoms with Gasteiger partial charge in [0, 0.05) is 69.7 Å². The fourth-order valence-electron chi connectivity index (χ4n) is 3.99. The molecular weight excluding hydrogens is 442 g/mol. The molecule has 0 amide bonds. The summed E-state index contributed by atoms with van der Waals surface area (Å²) in [6, 6.07) is 13.9. The fourth-order valence-corrected chi connectivity index (χ4v) is 4.35. The molecule has 0 aliphatic carbocycles. The smallest absolute Gasteiger partial charge is 0.158 e. The van der Waals surface area contributed by atoms with Crippen molar-refractivity contribution in [3.8, 4) is 22.5 Å². The molecule has 0 spiro atoms. The third-order valence-corrected chi connectivity index (χ3v) is 5.88. The van der Waals surface area contributed by atoms with Crippen LogP contribution >= 0.6 is 15.9 Å². The molecule has 0 radical (unpaired) electrons. The van der Waals surface area contributed by atoms with Gasteiger partial charge in [0.05, 0.1) is 11.4 Å². The number of nitrogen functional groups attached to an aromatic ring is 1. The Morgan fingerprint density at radius 2 is 1.93 bits per heavy atom. The number of hydrogen-bond acceptors (Lipinski definition) is 4. The summed E-state index contributed by atoms with van der Waals surface area (Å²) in [5, 5.41) is 6.84. The largest absolute Gasteiger partial charge is 0.384 e. The van der Waals surface area contributed by atoms with Gasteiger partial charge in [0.2, 0.25) is 0 Å². The van der Waals surface area contributed by atoms with Crippen molar-refractivity contribution in [1.82, 2.24) is 29.1 Å². The van der Waals surface area contributed by atoms with E-state index < -0.39 is 0 Å². The minimum absolute atomic E-state index is 0.531. The van der Waals surface area contributed by atoms with Crippen molar-refractivity contribution in [3.63, 3.8) is 0 Å². The molecule has 0 fully saturated rings. The number of pyridine rings is 1. The van der Waals surface area contributed by atoms with Crippen molar-refractivity contribution < 1.29 is 0 Å². The minimum atomic E-state index is 0.531. The molecule has 5 heterocycles.